The summed E-state index contributed by atoms with van der Waals surface area (Å²) in [7, 11) is 3.19. The van der Waals surface area contributed by atoms with Gasteiger partial charge in [-0.1, -0.05) is 13.0 Å². The number of amides is 1. The normalized spacial score (nSPS) is 12.1. The maximum absolute atomic E-state index is 11.7. The highest BCUT2D eigenvalue weighted by Crippen LogP contribution is 2.29. The minimum atomic E-state index is -1.02. The topological polar surface area (TPSA) is 49.8 Å². The van der Waals surface area contributed by atoms with E-state index in [-0.39, 0.29) is 5.91 Å². The molecule has 0 aliphatic carbocycles. The van der Waals surface area contributed by atoms with Gasteiger partial charge in [0, 0.05) is 7.05 Å². The summed E-state index contributed by atoms with van der Waals surface area (Å²) in [5, 5.41) is 9.31. The first-order valence-electron chi connectivity index (χ1n) is 5.63. The van der Waals surface area contributed by atoms with Gasteiger partial charge in [0.15, 0.2) is 0 Å². The van der Waals surface area contributed by atoms with Crippen molar-refractivity contribution in [1.29, 1.82) is 0 Å². The number of hydrogen-bond donors (Lipinski definition) is 1. The second-order valence-corrected chi connectivity index (χ2v) is 3.93. The zero-order valence-electron chi connectivity index (χ0n) is 10.7. The first-order valence-corrected chi connectivity index (χ1v) is 5.63. The maximum atomic E-state index is 11.7. The van der Waals surface area contributed by atoms with Crippen LogP contribution in [-0.4, -0.2) is 31.3 Å². The van der Waals surface area contributed by atoms with E-state index in [1.807, 2.05) is 25.1 Å². The highest BCUT2D eigenvalue weighted by atomic mass is 16.5. The number of hydrogen-bond acceptors (Lipinski definition) is 3. The smallest absolute Gasteiger partial charge is 0.255 e. The predicted molar refractivity (Wildman–Crippen MR) is 67.5 cm³/mol. The van der Waals surface area contributed by atoms with Crippen LogP contribution in [0.1, 0.15) is 19.4 Å². The monoisotopic (exact) mass is 237 g/mol. The molecule has 0 saturated heterocycles. The van der Waals surface area contributed by atoms with Gasteiger partial charge in [-0.05, 0) is 31.0 Å². The molecule has 0 bridgehead atoms. The first-order chi connectivity index (χ1) is 8.01. The van der Waals surface area contributed by atoms with Gasteiger partial charge in [-0.3, -0.25) is 4.79 Å². The number of benzene rings is 1. The Bertz CT molecular complexity index is 402. The van der Waals surface area contributed by atoms with Gasteiger partial charge in [-0.15, -0.1) is 0 Å². The van der Waals surface area contributed by atoms with Crippen molar-refractivity contribution in [3.05, 3.63) is 23.8 Å². The van der Waals surface area contributed by atoms with Gasteiger partial charge in [-0.2, -0.15) is 0 Å². The van der Waals surface area contributed by atoms with Crippen molar-refractivity contribution in [2.75, 3.05) is 19.1 Å². The van der Waals surface area contributed by atoms with Crippen molar-refractivity contribution in [1.82, 2.24) is 0 Å². The highest BCUT2D eigenvalue weighted by Gasteiger charge is 2.19. The van der Waals surface area contributed by atoms with Crippen LogP contribution >= 0.6 is 0 Å². The number of anilines is 1. The number of likely N-dealkylation sites (N-methyl/N-ethyl adjacent to an activating group) is 1. The average Bonchev–Trinajstić information content (AvgIpc) is 2.35. The molecule has 1 rings (SSSR count). The van der Waals surface area contributed by atoms with Gasteiger partial charge in [-0.25, -0.2) is 0 Å². The van der Waals surface area contributed by atoms with Crippen LogP contribution in [0.2, 0.25) is 0 Å². The molecule has 0 aliphatic heterocycles. The lowest BCUT2D eigenvalue weighted by molar-refractivity contribution is -0.125. The summed E-state index contributed by atoms with van der Waals surface area (Å²) in [6.45, 7) is 3.50. The predicted octanol–water partition coefficient (Wildman–Crippen LogP) is 1.60. The summed E-state index contributed by atoms with van der Waals surface area (Å²) < 4.78 is 5.22. The number of ether oxygens (including phenoxy) is 1. The lowest BCUT2D eigenvalue weighted by Crippen LogP contribution is -2.34. The van der Waals surface area contributed by atoms with Crippen LogP contribution in [0.15, 0.2) is 18.2 Å². The number of rotatable bonds is 4. The number of aliphatic hydroxyl groups excluding tert-OH is 1. The average molecular weight is 237 g/mol. The van der Waals surface area contributed by atoms with E-state index in [2.05, 4.69) is 0 Å². The van der Waals surface area contributed by atoms with E-state index in [4.69, 9.17) is 4.74 Å². The molecule has 0 radical (unpaired) electrons. The lowest BCUT2D eigenvalue weighted by atomic mass is 10.1. The fourth-order valence-corrected chi connectivity index (χ4v) is 1.62. The van der Waals surface area contributed by atoms with Crippen molar-refractivity contribution < 1.29 is 14.6 Å². The van der Waals surface area contributed by atoms with Gasteiger partial charge < -0.3 is 14.7 Å². The van der Waals surface area contributed by atoms with Crippen molar-refractivity contribution in [3.8, 4) is 5.75 Å². The van der Waals surface area contributed by atoms with Crippen molar-refractivity contribution in [2.24, 2.45) is 0 Å². The number of carbonyl (C=O) groups excluding carboxylic acids is 1. The summed E-state index contributed by atoms with van der Waals surface area (Å²) >= 11 is 0. The summed E-state index contributed by atoms with van der Waals surface area (Å²) in [6, 6.07) is 5.70. The molecule has 0 saturated carbocycles. The van der Waals surface area contributed by atoms with Crippen LogP contribution in [0.3, 0.4) is 0 Å². The van der Waals surface area contributed by atoms with E-state index in [1.54, 1.807) is 14.2 Å². The minimum Gasteiger partial charge on any atom is -0.495 e. The zero-order chi connectivity index (χ0) is 13.0. The number of nitrogens with zero attached hydrogens (tertiary/aromatic N) is 1. The maximum Gasteiger partial charge on any atom is 0.255 e. The number of aryl methyl sites for hydroxylation is 1. The Morgan fingerprint density at radius 3 is 2.65 bits per heavy atom. The molecule has 1 N–H and O–H groups in total. The van der Waals surface area contributed by atoms with Crippen LogP contribution < -0.4 is 9.64 Å². The van der Waals surface area contributed by atoms with E-state index in [1.165, 1.54) is 11.8 Å². The third-order valence-corrected chi connectivity index (χ3v) is 2.70. The van der Waals surface area contributed by atoms with E-state index < -0.39 is 6.10 Å². The van der Waals surface area contributed by atoms with Gasteiger partial charge in [0.25, 0.3) is 5.91 Å². The Labute approximate surface area is 102 Å². The van der Waals surface area contributed by atoms with Gasteiger partial charge in [0.05, 0.1) is 12.8 Å². The number of carbonyl (C=O) groups is 1. The van der Waals surface area contributed by atoms with E-state index in [0.29, 0.717) is 11.4 Å². The molecule has 94 valence electrons. The quantitative estimate of drug-likeness (QED) is 0.865. The van der Waals surface area contributed by atoms with Crippen molar-refractivity contribution >= 4 is 11.6 Å². The molecule has 1 unspecified atom stereocenters. The Morgan fingerprint density at radius 2 is 2.18 bits per heavy atom. The molecule has 17 heavy (non-hydrogen) atoms. The molecule has 1 atom stereocenters. The fourth-order valence-electron chi connectivity index (χ4n) is 1.62. The summed E-state index contributed by atoms with van der Waals surface area (Å²) in [6.07, 6.45) is -0.136. The fraction of sp³-hybridized carbons (Fsp3) is 0.462. The molecule has 1 amide bonds. The first kappa shape index (κ1) is 13.5. The molecule has 0 heterocycles. The zero-order valence-corrected chi connectivity index (χ0v) is 10.7. The van der Waals surface area contributed by atoms with Gasteiger partial charge >= 0.3 is 0 Å². The Balaban J connectivity index is 3.13. The minimum absolute atomic E-state index is 0.350. The van der Waals surface area contributed by atoms with Crippen LogP contribution in [0.5, 0.6) is 5.75 Å². The molecule has 0 aliphatic rings. The van der Waals surface area contributed by atoms with Gasteiger partial charge in [0.2, 0.25) is 0 Å². The number of aliphatic hydroxyl groups is 1. The molecular formula is C13H19NO3. The van der Waals surface area contributed by atoms with Crippen LogP contribution in [0.4, 0.5) is 5.69 Å². The third kappa shape index (κ3) is 2.97. The molecule has 0 spiro atoms. The van der Waals surface area contributed by atoms with Crippen molar-refractivity contribution in [3.63, 3.8) is 0 Å². The van der Waals surface area contributed by atoms with Crippen LogP contribution in [-0.2, 0) is 11.2 Å². The Kier molecular flexibility index (Phi) is 4.52. The van der Waals surface area contributed by atoms with Crippen LogP contribution in [0.25, 0.3) is 0 Å². The molecule has 0 aromatic heterocycles. The molecule has 1 aromatic rings. The molecule has 4 heteroatoms. The van der Waals surface area contributed by atoms with E-state index >= 15 is 0 Å². The highest BCUT2D eigenvalue weighted by molar-refractivity contribution is 5.97. The van der Waals surface area contributed by atoms with E-state index in [9.17, 15) is 9.90 Å². The Hall–Kier alpha value is -1.55. The second-order valence-electron chi connectivity index (χ2n) is 3.93. The molecule has 0 fully saturated rings. The summed E-state index contributed by atoms with van der Waals surface area (Å²) in [4.78, 5) is 13.2. The van der Waals surface area contributed by atoms with Crippen molar-refractivity contribution in [2.45, 2.75) is 26.4 Å². The lowest BCUT2D eigenvalue weighted by Gasteiger charge is -2.22. The van der Waals surface area contributed by atoms with Gasteiger partial charge in [0.1, 0.15) is 11.9 Å². The molecule has 4 nitrogen and oxygen atoms in total. The largest absolute Gasteiger partial charge is 0.495 e. The molecular weight excluding hydrogens is 218 g/mol. The number of methoxy groups -OCH3 is 1. The summed E-state index contributed by atoms with van der Waals surface area (Å²) in [5.74, 6) is 0.273. The third-order valence-electron chi connectivity index (χ3n) is 2.70. The Morgan fingerprint density at radius 1 is 1.53 bits per heavy atom. The summed E-state index contributed by atoms with van der Waals surface area (Å²) in [5.41, 5.74) is 1.80. The van der Waals surface area contributed by atoms with Crippen LogP contribution in [0, 0.1) is 0 Å². The standard InChI is InChI=1S/C13H19NO3/c1-5-10-6-7-12(17-4)11(8-10)14(3)13(16)9(2)15/h6-9,15H,5H2,1-4H3. The van der Waals surface area contributed by atoms with E-state index in [0.717, 1.165) is 12.0 Å². The SMILES string of the molecule is CCc1ccc(OC)c(N(C)C(=O)C(C)O)c1. The second kappa shape index (κ2) is 5.68. The molecule has 1 aromatic carbocycles.